The fraction of sp³-hybridized carbons (Fsp3) is 0.333. The number of alkyl halides is 3. The van der Waals surface area contributed by atoms with Gasteiger partial charge in [-0.05, 0) is 48.5 Å². The van der Waals surface area contributed by atoms with Gasteiger partial charge in [0.15, 0.2) is 0 Å². The van der Waals surface area contributed by atoms with E-state index in [1.165, 1.54) is 12.1 Å². The number of rotatable bonds is 4. The maximum atomic E-state index is 12.2. The van der Waals surface area contributed by atoms with E-state index in [0.717, 1.165) is 31.6 Å². The largest absolute Gasteiger partial charge is 0.573 e. The van der Waals surface area contributed by atoms with Crippen LogP contribution in [0.2, 0.25) is 0 Å². The van der Waals surface area contributed by atoms with Gasteiger partial charge in [-0.15, -0.1) is 13.2 Å². The van der Waals surface area contributed by atoms with Gasteiger partial charge < -0.3 is 19.5 Å². The third kappa shape index (κ3) is 4.95. The molecule has 4 nitrogen and oxygen atoms in total. The predicted molar refractivity (Wildman–Crippen MR) is 87.1 cm³/mol. The van der Waals surface area contributed by atoms with E-state index in [9.17, 15) is 18.3 Å². The Morgan fingerprint density at radius 3 is 2.00 bits per heavy atom. The Bertz CT molecular complexity index is 678. The summed E-state index contributed by atoms with van der Waals surface area (Å²) in [7, 11) is 0. The molecule has 0 aromatic heterocycles. The average molecular weight is 353 g/mol. The Kier molecular flexibility index (Phi) is 4.92. The first-order valence-electron chi connectivity index (χ1n) is 7.95. The van der Waals surface area contributed by atoms with E-state index >= 15 is 0 Å². The highest BCUT2D eigenvalue weighted by molar-refractivity contribution is 5.49. The van der Waals surface area contributed by atoms with Gasteiger partial charge in [0.2, 0.25) is 0 Å². The standard InChI is InChI=1S/C18H18F3NO3/c19-18(20,21)25-17-5-1-13(2-6-17)22-11-9-16(10-12-22)24-15-7-3-14(23)4-8-15/h1-8,16,23H,9-12H2. The summed E-state index contributed by atoms with van der Waals surface area (Å²) in [6, 6.07) is 12.5. The summed E-state index contributed by atoms with van der Waals surface area (Å²) in [6.07, 6.45) is -2.98. The van der Waals surface area contributed by atoms with E-state index in [2.05, 4.69) is 9.64 Å². The lowest BCUT2D eigenvalue weighted by atomic mass is 10.1. The highest BCUT2D eigenvalue weighted by Crippen LogP contribution is 2.28. The minimum Gasteiger partial charge on any atom is -0.508 e. The van der Waals surface area contributed by atoms with Crippen LogP contribution in [0.5, 0.6) is 17.2 Å². The zero-order chi connectivity index (χ0) is 17.9. The molecule has 1 N–H and O–H groups in total. The van der Waals surface area contributed by atoms with Crippen molar-refractivity contribution in [3.8, 4) is 17.2 Å². The smallest absolute Gasteiger partial charge is 0.508 e. The van der Waals surface area contributed by atoms with Crippen molar-refractivity contribution in [1.82, 2.24) is 0 Å². The molecule has 7 heteroatoms. The molecule has 0 amide bonds. The van der Waals surface area contributed by atoms with Crippen LogP contribution >= 0.6 is 0 Å². The maximum Gasteiger partial charge on any atom is 0.573 e. The number of nitrogens with zero attached hydrogens (tertiary/aromatic N) is 1. The van der Waals surface area contributed by atoms with Crippen molar-refractivity contribution < 1.29 is 27.8 Å². The fourth-order valence-corrected chi connectivity index (χ4v) is 2.81. The van der Waals surface area contributed by atoms with Crippen LogP contribution in [0.3, 0.4) is 0 Å². The number of anilines is 1. The van der Waals surface area contributed by atoms with Crippen LogP contribution < -0.4 is 14.4 Å². The van der Waals surface area contributed by atoms with Crippen molar-refractivity contribution in [2.24, 2.45) is 0 Å². The molecule has 0 spiro atoms. The zero-order valence-electron chi connectivity index (χ0n) is 13.4. The number of ether oxygens (including phenoxy) is 2. The van der Waals surface area contributed by atoms with Gasteiger partial charge in [-0.25, -0.2) is 0 Å². The van der Waals surface area contributed by atoms with E-state index in [1.807, 2.05) is 0 Å². The van der Waals surface area contributed by atoms with Gasteiger partial charge in [0.1, 0.15) is 23.4 Å². The van der Waals surface area contributed by atoms with Crippen molar-refractivity contribution in [2.45, 2.75) is 25.3 Å². The lowest BCUT2D eigenvalue weighted by Gasteiger charge is -2.33. The molecular formula is C18H18F3NO3. The lowest BCUT2D eigenvalue weighted by Crippen LogP contribution is -2.38. The highest BCUT2D eigenvalue weighted by Gasteiger charge is 2.31. The first-order chi connectivity index (χ1) is 11.9. The molecule has 0 saturated carbocycles. The second kappa shape index (κ2) is 7.13. The van der Waals surface area contributed by atoms with E-state index in [-0.39, 0.29) is 17.6 Å². The Morgan fingerprint density at radius 1 is 0.880 bits per heavy atom. The predicted octanol–water partition coefficient (Wildman–Crippen LogP) is 4.34. The molecule has 0 radical (unpaired) electrons. The minimum absolute atomic E-state index is 0.0774. The maximum absolute atomic E-state index is 12.2. The van der Waals surface area contributed by atoms with Gasteiger partial charge in [-0.2, -0.15) is 0 Å². The van der Waals surface area contributed by atoms with Crippen LogP contribution in [0.1, 0.15) is 12.8 Å². The van der Waals surface area contributed by atoms with Crippen molar-refractivity contribution in [2.75, 3.05) is 18.0 Å². The average Bonchev–Trinajstić information content (AvgIpc) is 2.57. The molecule has 1 fully saturated rings. The summed E-state index contributed by atoms with van der Waals surface area (Å²) in [4.78, 5) is 2.11. The molecule has 0 atom stereocenters. The Morgan fingerprint density at radius 2 is 1.44 bits per heavy atom. The number of benzene rings is 2. The summed E-state index contributed by atoms with van der Waals surface area (Å²) in [5.74, 6) is 0.687. The van der Waals surface area contributed by atoms with Crippen molar-refractivity contribution >= 4 is 5.69 Å². The molecule has 1 saturated heterocycles. The molecule has 2 aromatic rings. The number of phenols is 1. The van der Waals surface area contributed by atoms with Gasteiger partial charge in [0.25, 0.3) is 0 Å². The number of hydrogen-bond acceptors (Lipinski definition) is 4. The van der Waals surface area contributed by atoms with Crippen molar-refractivity contribution in [1.29, 1.82) is 0 Å². The zero-order valence-corrected chi connectivity index (χ0v) is 13.4. The van der Waals surface area contributed by atoms with Gasteiger partial charge in [-0.3, -0.25) is 0 Å². The van der Waals surface area contributed by atoms with E-state index < -0.39 is 6.36 Å². The molecule has 1 heterocycles. The molecule has 0 unspecified atom stereocenters. The third-order valence-corrected chi connectivity index (χ3v) is 4.02. The first kappa shape index (κ1) is 17.3. The third-order valence-electron chi connectivity index (χ3n) is 4.02. The van der Waals surface area contributed by atoms with Crippen LogP contribution in [-0.2, 0) is 0 Å². The highest BCUT2D eigenvalue weighted by atomic mass is 19.4. The number of piperidine rings is 1. The summed E-state index contributed by atoms with van der Waals surface area (Å²) in [5, 5.41) is 9.27. The number of aromatic hydroxyl groups is 1. The minimum atomic E-state index is -4.68. The van der Waals surface area contributed by atoms with Crippen LogP contribution in [0.25, 0.3) is 0 Å². The Hall–Kier alpha value is -2.57. The summed E-state index contributed by atoms with van der Waals surface area (Å²) in [6.45, 7) is 1.50. The van der Waals surface area contributed by atoms with Crippen LogP contribution in [0.15, 0.2) is 48.5 Å². The lowest BCUT2D eigenvalue weighted by molar-refractivity contribution is -0.274. The van der Waals surface area contributed by atoms with Gasteiger partial charge in [-0.1, -0.05) is 0 Å². The molecule has 1 aliphatic rings. The summed E-state index contributed by atoms with van der Waals surface area (Å²) < 4.78 is 46.3. The summed E-state index contributed by atoms with van der Waals surface area (Å²) in [5.41, 5.74) is 0.859. The molecule has 134 valence electrons. The molecule has 0 bridgehead atoms. The van der Waals surface area contributed by atoms with E-state index in [0.29, 0.717) is 5.75 Å². The van der Waals surface area contributed by atoms with Gasteiger partial charge >= 0.3 is 6.36 Å². The second-order valence-electron chi connectivity index (χ2n) is 5.84. The number of phenolic OH excluding ortho intramolecular Hbond substituents is 1. The van der Waals surface area contributed by atoms with Crippen molar-refractivity contribution in [3.63, 3.8) is 0 Å². The molecule has 3 rings (SSSR count). The molecule has 25 heavy (non-hydrogen) atoms. The molecular weight excluding hydrogens is 335 g/mol. The fourth-order valence-electron chi connectivity index (χ4n) is 2.81. The number of halogens is 3. The molecule has 2 aromatic carbocycles. The number of hydrogen-bond donors (Lipinski definition) is 1. The topological polar surface area (TPSA) is 41.9 Å². The molecule has 0 aliphatic carbocycles. The van der Waals surface area contributed by atoms with E-state index in [1.54, 1.807) is 36.4 Å². The molecule has 1 aliphatic heterocycles. The van der Waals surface area contributed by atoms with Crippen LogP contribution in [0, 0.1) is 0 Å². The van der Waals surface area contributed by atoms with Gasteiger partial charge in [0, 0.05) is 31.6 Å². The quantitative estimate of drug-likeness (QED) is 0.888. The Balaban J connectivity index is 1.52. The SMILES string of the molecule is Oc1ccc(OC2CCN(c3ccc(OC(F)(F)F)cc3)CC2)cc1. The Labute approximate surface area is 143 Å². The van der Waals surface area contributed by atoms with Gasteiger partial charge in [0.05, 0.1) is 0 Å². The normalized spacial score (nSPS) is 15.9. The van der Waals surface area contributed by atoms with Crippen LogP contribution in [-0.4, -0.2) is 30.7 Å². The first-order valence-corrected chi connectivity index (χ1v) is 7.95. The second-order valence-corrected chi connectivity index (χ2v) is 5.84. The van der Waals surface area contributed by atoms with Crippen molar-refractivity contribution in [3.05, 3.63) is 48.5 Å². The van der Waals surface area contributed by atoms with Crippen LogP contribution in [0.4, 0.5) is 18.9 Å². The van der Waals surface area contributed by atoms with E-state index in [4.69, 9.17) is 4.74 Å². The summed E-state index contributed by atoms with van der Waals surface area (Å²) >= 11 is 0. The monoisotopic (exact) mass is 353 g/mol.